The Bertz CT molecular complexity index is 1020. The fourth-order valence-electron chi connectivity index (χ4n) is 4.39. The second-order valence-corrected chi connectivity index (χ2v) is 8.51. The van der Waals surface area contributed by atoms with Crippen molar-refractivity contribution in [2.75, 3.05) is 49.1 Å². The number of carbonyl (C=O) groups is 1. The van der Waals surface area contributed by atoms with Crippen molar-refractivity contribution in [3.8, 4) is 0 Å². The molecule has 2 aromatic carbocycles. The van der Waals surface area contributed by atoms with E-state index in [9.17, 15) is 23.7 Å². The summed E-state index contributed by atoms with van der Waals surface area (Å²) in [5, 5.41) is 11.6. The van der Waals surface area contributed by atoms with Gasteiger partial charge in [-0.1, -0.05) is 13.0 Å². The zero-order valence-corrected chi connectivity index (χ0v) is 18.0. The number of rotatable bonds is 4. The average molecular weight is 444 g/mol. The molecule has 0 aliphatic carbocycles. The third-order valence-corrected chi connectivity index (χ3v) is 6.34. The molecule has 9 heteroatoms. The average Bonchev–Trinajstić information content (AvgIpc) is 2.79. The van der Waals surface area contributed by atoms with Gasteiger partial charge in [0, 0.05) is 44.8 Å². The number of hydrogen-bond donors (Lipinski definition) is 0. The maximum atomic E-state index is 14.8. The Kier molecular flexibility index (Phi) is 6.25. The molecule has 170 valence electrons. The Balaban J connectivity index is 1.53. The van der Waals surface area contributed by atoms with Gasteiger partial charge in [0.05, 0.1) is 16.7 Å². The van der Waals surface area contributed by atoms with Crippen molar-refractivity contribution in [2.24, 2.45) is 5.92 Å². The maximum absolute atomic E-state index is 14.8. The van der Waals surface area contributed by atoms with Gasteiger partial charge in [-0.25, -0.2) is 8.78 Å². The van der Waals surface area contributed by atoms with Crippen LogP contribution in [0.5, 0.6) is 0 Å². The van der Waals surface area contributed by atoms with Gasteiger partial charge in [0.15, 0.2) is 5.82 Å². The molecule has 2 aliphatic rings. The van der Waals surface area contributed by atoms with Gasteiger partial charge >= 0.3 is 0 Å². The Morgan fingerprint density at radius 3 is 2.25 bits per heavy atom. The van der Waals surface area contributed by atoms with E-state index in [1.165, 1.54) is 18.2 Å². The predicted octanol–water partition coefficient (Wildman–Crippen LogP) is 4.07. The lowest BCUT2D eigenvalue weighted by molar-refractivity contribution is -0.384. The van der Waals surface area contributed by atoms with Crippen LogP contribution in [-0.2, 0) is 0 Å². The number of carbonyl (C=O) groups excluding carboxylic acids is 1. The van der Waals surface area contributed by atoms with E-state index >= 15 is 0 Å². The summed E-state index contributed by atoms with van der Waals surface area (Å²) in [6.45, 7) is 4.99. The summed E-state index contributed by atoms with van der Waals surface area (Å²) in [6, 6.07) is 8.12. The molecule has 2 fully saturated rings. The number of halogens is 2. The summed E-state index contributed by atoms with van der Waals surface area (Å²) in [7, 11) is 0. The van der Waals surface area contributed by atoms with Crippen molar-refractivity contribution >= 4 is 23.0 Å². The van der Waals surface area contributed by atoms with Gasteiger partial charge in [-0.2, -0.15) is 0 Å². The van der Waals surface area contributed by atoms with Crippen LogP contribution in [0.1, 0.15) is 30.1 Å². The Morgan fingerprint density at radius 1 is 0.969 bits per heavy atom. The molecule has 2 saturated heterocycles. The second kappa shape index (κ2) is 9.10. The van der Waals surface area contributed by atoms with Crippen LogP contribution in [0, 0.1) is 27.7 Å². The van der Waals surface area contributed by atoms with Gasteiger partial charge in [0.25, 0.3) is 11.6 Å². The van der Waals surface area contributed by atoms with E-state index in [0.29, 0.717) is 56.6 Å². The quantitative estimate of drug-likeness (QED) is 0.525. The van der Waals surface area contributed by atoms with Crippen LogP contribution in [0.2, 0.25) is 0 Å². The topological polar surface area (TPSA) is 69.9 Å². The lowest BCUT2D eigenvalue weighted by atomic mass is 9.98. The van der Waals surface area contributed by atoms with Crippen molar-refractivity contribution in [1.29, 1.82) is 0 Å². The zero-order valence-electron chi connectivity index (χ0n) is 18.0. The molecule has 7 nitrogen and oxygen atoms in total. The van der Waals surface area contributed by atoms with E-state index < -0.39 is 16.6 Å². The highest BCUT2D eigenvalue weighted by atomic mass is 19.1. The second-order valence-electron chi connectivity index (χ2n) is 8.51. The molecule has 2 heterocycles. The van der Waals surface area contributed by atoms with Crippen molar-refractivity contribution in [1.82, 2.24) is 4.90 Å². The molecule has 0 saturated carbocycles. The molecule has 32 heavy (non-hydrogen) atoms. The van der Waals surface area contributed by atoms with E-state index in [2.05, 4.69) is 6.92 Å². The van der Waals surface area contributed by atoms with Crippen LogP contribution in [-0.4, -0.2) is 55.0 Å². The largest absolute Gasteiger partial charge is 0.369 e. The Morgan fingerprint density at radius 2 is 1.62 bits per heavy atom. The van der Waals surface area contributed by atoms with Crippen LogP contribution < -0.4 is 9.80 Å². The number of piperazine rings is 1. The number of hydrogen-bond acceptors (Lipinski definition) is 5. The van der Waals surface area contributed by atoms with Crippen LogP contribution in [0.15, 0.2) is 36.4 Å². The fourth-order valence-corrected chi connectivity index (χ4v) is 4.39. The highest BCUT2D eigenvalue weighted by Gasteiger charge is 2.29. The first-order valence-corrected chi connectivity index (χ1v) is 10.9. The van der Waals surface area contributed by atoms with Gasteiger partial charge in [0.1, 0.15) is 11.5 Å². The van der Waals surface area contributed by atoms with Gasteiger partial charge in [-0.3, -0.25) is 14.9 Å². The van der Waals surface area contributed by atoms with E-state index in [1.54, 1.807) is 17.0 Å². The number of benzene rings is 2. The molecule has 0 unspecified atom stereocenters. The minimum absolute atomic E-state index is 0.271. The standard InChI is InChI=1S/C23H26F2N4O3/c1-16-5-7-26(8-6-16)20-15-21(22(29(31)32)14-19(20)25)27-9-11-28(12-10-27)23(30)17-3-2-4-18(24)13-17/h2-4,13-16H,5-12H2,1H3. The number of piperidine rings is 1. The van der Waals surface area contributed by atoms with Crippen molar-refractivity contribution in [3.63, 3.8) is 0 Å². The van der Waals surface area contributed by atoms with Crippen molar-refractivity contribution in [3.05, 3.63) is 63.7 Å². The number of nitro benzene ring substituents is 1. The Labute approximate surface area is 185 Å². The summed E-state index contributed by atoms with van der Waals surface area (Å²) < 4.78 is 28.2. The van der Waals surface area contributed by atoms with E-state index in [0.717, 1.165) is 18.9 Å². The number of nitro groups is 1. The number of amides is 1. The van der Waals surface area contributed by atoms with Crippen LogP contribution >= 0.6 is 0 Å². The molecule has 0 bridgehead atoms. The molecule has 4 rings (SSSR count). The smallest absolute Gasteiger partial charge is 0.295 e. The van der Waals surface area contributed by atoms with Crippen molar-refractivity contribution in [2.45, 2.75) is 19.8 Å². The highest BCUT2D eigenvalue weighted by molar-refractivity contribution is 5.94. The lowest BCUT2D eigenvalue weighted by Gasteiger charge is -2.37. The molecule has 0 spiro atoms. The molecule has 2 aliphatic heterocycles. The van der Waals surface area contributed by atoms with E-state index in [1.807, 2.05) is 9.80 Å². The molecule has 0 radical (unpaired) electrons. The SMILES string of the molecule is CC1CCN(c2cc(N3CCN(C(=O)c4cccc(F)c4)CC3)c([N+](=O)[O-])cc2F)CC1. The molecule has 0 aromatic heterocycles. The molecule has 0 N–H and O–H groups in total. The van der Waals surface area contributed by atoms with Gasteiger partial charge in [-0.05, 0) is 43.0 Å². The van der Waals surface area contributed by atoms with E-state index in [4.69, 9.17) is 0 Å². The molecular formula is C23H26F2N4O3. The third kappa shape index (κ3) is 4.51. The molecular weight excluding hydrogens is 418 g/mol. The predicted molar refractivity (Wildman–Crippen MR) is 118 cm³/mol. The summed E-state index contributed by atoms with van der Waals surface area (Å²) in [6.07, 6.45) is 1.90. The maximum Gasteiger partial charge on any atom is 0.295 e. The zero-order chi connectivity index (χ0) is 22.8. The fraction of sp³-hybridized carbons (Fsp3) is 0.435. The molecule has 2 aromatic rings. The minimum Gasteiger partial charge on any atom is -0.369 e. The number of anilines is 2. The summed E-state index contributed by atoms with van der Waals surface area (Å²) in [5.41, 5.74) is 0.744. The van der Waals surface area contributed by atoms with Gasteiger partial charge in [-0.15, -0.1) is 0 Å². The first-order chi connectivity index (χ1) is 15.3. The first-order valence-electron chi connectivity index (χ1n) is 10.9. The van der Waals surface area contributed by atoms with Gasteiger partial charge in [0.2, 0.25) is 0 Å². The summed E-state index contributed by atoms with van der Waals surface area (Å²) >= 11 is 0. The van der Waals surface area contributed by atoms with Crippen LogP contribution in [0.4, 0.5) is 25.8 Å². The van der Waals surface area contributed by atoms with Crippen LogP contribution in [0.25, 0.3) is 0 Å². The van der Waals surface area contributed by atoms with Crippen molar-refractivity contribution < 1.29 is 18.5 Å². The monoisotopic (exact) mass is 444 g/mol. The third-order valence-electron chi connectivity index (χ3n) is 6.34. The molecule has 1 amide bonds. The normalized spacial score (nSPS) is 17.5. The van der Waals surface area contributed by atoms with Crippen LogP contribution in [0.3, 0.4) is 0 Å². The minimum atomic E-state index is -0.588. The summed E-state index contributed by atoms with van der Waals surface area (Å²) in [4.78, 5) is 29.1. The van der Waals surface area contributed by atoms with Gasteiger partial charge < -0.3 is 14.7 Å². The Hall–Kier alpha value is -3.23. The first kappa shape index (κ1) is 22.0. The number of nitrogens with zero attached hydrogens (tertiary/aromatic N) is 4. The van der Waals surface area contributed by atoms with E-state index in [-0.39, 0.29) is 17.2 Å². The highest BCUT2D eigenvalue weighted by Crippen LogP contribution is 2.37. The summed E-state index contributed by atoms with van der Waals surface area (Å²) in [5.74, 6) is -0.762. The molecule has 0 atom stereocenters. The lowest BCUT2D eigenvalue weighted by Crippen LogP contribution is -2.49.